The maximum atomic E-state index is 11.5. The van der Waals surface area contributed by atoms with Gasteiger partial charge >= 0.3 is 5.97 Å². The molecule has 0 unspecified atom stereocenters. The van der Waals surface area contributed by atoms with Crippen molar-refractivity contribution in [1.29, 1.82) is 0 Å². The average molecular weight is 269 g/mol. The van der Waals surface area contributed by atoms with E-state index in [1.165, 1.54) is 0 Å². The molecule has 80 valence electrons. The van der Waals surface area contributed by atoms with Gasteiger partial charge < -0.3 is 4.74 Å². The lowest BCUT2D eigenvalue weighted by Crippen LogP contribution is -2.06. The smallest absolute Gasteiger partial charge is 0.339 e. The molecule has 1 aromatic rings. The molecule has 0 aliphatic carbocycles. The van der Waals surface area contributed by atoms with Gasteiger partial charge in [-0.3, -0.25) is 0 Å². The van der Waals surface area contributed by atoms with Gasteiger partial charge in [-0.05, 0) is 40.9 Å². The van der Waals surface area contributed by atoms with E-state index in [9.17, 15) is 4.79 Å². The summed E-state index contributed by atoms with van der Waals surface area (Å²) < 4.78 is 5.74. The number of allylic oxidation sites excluding steroid dienone is 1. The van der Waals surface area contributed by atoms with Crippen molar-refractivity contribution in [2.24, 2.45) is 0 Å². The molecule has 0 aliphatic rings. The highest BCUT2D eigenvalue weighted by molar-refractivity contribution is 9.10. The van der Waals surface area contributed by atoms with Crippen molar-refractivity contribution in [1.82, 2.24) is 0 Å². The van der Waals surface area contributed by atoms with Crippen LogP contribution in [0.4, 0.5) is 0 Å². The van der Waals surface area contributed by atoms with Gasteiger partial charge in [-0.1, -0.05) is 18.2 Å². The fourth-order valence-corrected chi connectivity index (χ4v) is 1.85. The molecule has 0 aromatic heterocycles. The minimum absolute atomic E-state index is 0.296. The predicted molar refractivity (Wildman–Crippen MR) is 64.0 cm³/mol. The Bertz CT molecular complexity index is 372. The topological polar surface area (TPSA) is 26.3 Å². The Morgan fingerprint density at radius 1 is 1.60 bits per heavy atom. The normalized spacial score (nSPS) is 9.73. The van der Waals surface area contributed by atoms with Crippen LogP contribution >= 0.6 is 15.9 Å². The van der Waals surface area contributed by atoms with E-state index in [4.69, 9.17) is 4.74 Å². The maximum Gasteiger partial charge on any atom is 0.339 e. The molecule has 3 heteroatoms. The minimum Gasteiger partial charge on any atom is -0.462 e. The second kappa shape index (κ2) is 5.71. The van der Waals surface area contributed by atoms with Crippen molar-refractivity contribution >= 4 is 21.9 Å². The molecule has 2 nitrogen and oxygen atoms in total. The van der Waals surface area contributed by atoms with Crippen LogP contribution in [-0.2, 0) is 11.2 Å². The molecule has 0 saturated carbocycles. The van der Waals surface area contributed by atoms with E-state index in [0.29, 0.717) is 12.2 Å². The molecular weight excluding hydrogens is 256 g/mol. The second-order valence-corrected chi connectivity index (χ2v) is 3.78. The number of carbonyl (C=O) groups excluding carboxylic acids is 1. The summed E-state index contributed by atoms with van der Waals surface area (Å²) in [6, 6.07) is 5.54. The lowest BCUT2D eigenvalue weighted by molar-refractivity contribution is 0.0525. The summed E-state index contributed by atoms with van der Waals surface area (Å²) in [5, 5.41) is 0. The van der Waals surface area contributed by atoms with Gasteiger partial charge in [0.2, 0.25) is 0 Å². The van der Waals surface area contributed by atoms with Crippen molar-refractivity contribution in [3.63, 3.8) is 0 Å². The Morgan fingerprint density at radius 3 is 2.93 bits per heavy atom. The SMILES string of the molecule is C=CCc1cccc(C(=O)OCC)c1Br. The Hall–Kier alpha value is -1.09. The third-order valence-corrected chi connectivity index (χ3v) is 2.87. The third-order valence-electron chi connectivity index (χ3n) is 1.94. The van der Waals surface area contributed by atoms with Crippen LogP contribution in [0, 0.1) is 0 Å². The van der Waals surface area contributed by atoms with Gasteiger partial charge in [0.05, 0.1) is 12.2 Å². The van der Waals surface area contributed by atoms with Crippen molar-refractivity contribution in [2.45, 2.75) is 13.3 Å². The second-order valence-electron chi connectivity index (χ2n) is 2.99. The number of rotatable bonds is 4. The fourth-order valence-electron chi connectivity index (χ4n) is 1.26. The molecule has 0 bridgehead atoms. The first-order valence-corrected chi connectivity index (χ1v) is 5.55. The zero-order chi connectivity index (χ0) is 11.3. The van der Waals surface area contributed by atoms with Crippen LogP contribution in [0.3, 0.4) is 0 Å². The molecule has 0 spiro atoms. The first-order valence-electron chi connectivity index (χ1n) is 4.76. The van der Waals surface area contributed by atoms with Crippen LogP contribution < -0.4 is 0 Å². The molecule has 1 rings (SSSR count). The summed E-state index contributed by atoms with van der Waals surface area (Å²) in [6.07, 6.45) is 2.53. The van der Waals surface area contributed by atoms with Crippen LogP contribution in [0.15, 0.2) is 35.3 Å². The lowest BCUT2D eigenvalue weighted by Gasteiger charge is -2.07. The molecule has 0 saturated heterocycles. The quantitative estimate of drug-likeness (QED) is 0.619. The van der Waals surface area contributed by atoms with E-state index < -0.39 is 0 Å². The molecule has 1 aromatic carbocycles. The van der Waals surface area contributed by atoms with Gasteiger partial charge in [0.1, 0.15) is 0 Å². The average Bonchev–Trinajstić information content (AvgIpc) is 2.22. The first-order chi connectivity index (χ1) is 7.20. The summed E-state index contributed by atoms with van der Waals surface area (Å²) in [4.78, 5) is 11.5. The van der Waals surface area contributed by atoms with Gasteiger partial charge in [0, 0.05) is 4.47 Å². The van der Waals surface area contributed by atoms with E-state index in [0.717, 1.165) is 16.5 Å². The molecular formula is C12H13BrO2. The van der Waals surface area contributed by atoms with Crippen LogP contribution in [0.2, 0.25) is 0 Å². The van der Waals surface area contributed by atoms with Crippen molar-refractivity contribution < 1.29 is 9.53 Å². The van der Waals surface area contributed by atoms with E-state index in [1.54, 1.807) is 19.1 Å². The minimum atomic E-state index is -0.296. The highest BCUT2D eigenvalue weighted by Gasteiger charge is 2.12. The monoisotopic (exact) mass is 268 g/mol. The zero-order valence-electron chi connectivity index (χ0n) is 8.63. The number of hydrogen-bond acceptors (Lipinski definition) is 2. The van der Waals surface area contributed by atoms with Crippen molar-refractivity contribution in [2.75, 3.05) is 6.61 Å². The summed E-state index contributed by atoms with van der Waals surface area (Å²) in [5.74, 6) is -0.296. The predicted octanol–water partition coefficient (Wildman–Crippen LogP) is 3.35. The molecule has 0 amide bonds. The Balaban J connectivity index is 3.03. The van der Waals surface area contributed by atoms with E-state index in [2.05, 4.69) is 22.5 Å². The number of halogens is 1. The lowest BCUT2D eigenvalue weighted by atomic mass is 10.1. The van der Waals surface area contributed by atoms with E-state index in [1.807, 2.05) is 12.1 Å². The molecule has 15 heavy (non-hydrogen) atoms. The summed E-state index contributed by atoms with van der Waals surface area (Å²) in [6.45, 7) is 5.85. The highest BCUT2D eigenvalue weighted by Crippen LogP contribution is 2.23. The van der Waals surface area contributed by atoms with Crippen molar-refractivity contribution in [3.05, 3.63) is 46.5 Å². The number of esters is 1. The Kier molecular flexibility index (Phi) is 4.56. The third kappa shape index (κ3) is 2.93. The molecule has 0 fully saturated rings. The number of hydrogen-bond donors (Lipinski definition) is 0. The number of benzene rings is 1. The number of carbonyl (C=O) groups is 1. The Morgan fingerprint density at radius 2 is 2.33 bits per heavy atom. The summed E-state index contributed by atoms with van der Waals surface area (Å²) in [7, 11) is 0. The maximum absolute atomic E-state index is 11.5. The van der Waals surface area contributed by atoms with Crippen LogP contribution in [-0.4, -0.2) is 12.6 Å². The summed E-state index contributed by atoms with van der Waals surface area (Å²) in [5.41, 5.74) is 1.60. The van der Waals surface area contributed by atoms with E-state index >= 15 is 0 Å². The van der Waals surface area contributed by atoms with E-state index in [-0.39, 0.29) is 5.97 Å². The molecule has 0 aliphatic heterocycles. The largest absolute Gasteiger partial charge is 0.462 e. The van der Waals surface area contributed by atoms with Crippen LogP contribution in [0.25, 0.3) is 0 Å². The van der Waals surface area contributed by atoms with Gasteiger partial charge in [0.15, 0.2) is 0 Å². The molecule has 0 N–H and O–H groups in total. The first kappa shape index (κ1) is 12.0. The molecule has 0 atom stereocenters. The van der Waals surface area contributed by atoms with Gasteiger partial charge in [0.25, 0.3) is 0 Å². The van der Waals surface area contributed by atoms with Crippen molar-refractivity contribution in [3.8, 4) is 0 Å². The van der Waals surface area contributed by atoms with Gasteiger partial charge in [-0.25, -0.2) is 4.79 Å². The highest BCUT2D eigenvalue weighted by atomic mass is 79.9. The molecule has 0 heterocycles. The molecule has 0 radical (unpaired) electrons. The standard InChI is InChI=1S/C12H13BrO2/c1-3-6-9-7-5-8-10(11(9)13)12(14)15-4-2/h3,5,7-8H,1,4,6H2,2H3. The van der Waals surface area contributed by atoms with Gasteiger partial charge in [-0.15, -0.1) is 6.58 Å². The van der Waals surface area contributed by atoms with Gasteiger partial charge in [-0.2, -0.15) is 0 Å². The summed E-state index contributed by atoms with van der Waals surface area (Å²) >= 11 is 3.40. The zero-order valence-corrected chi connectivity index (χ0v) is 10.2. The Labute approximate surface area is 98.1 Å². The van der Waals surface area contributed by atoms with Crippen LogP contribution in [0.5, 0.6) is 0 Å². The fraction of sp³-hybridized carbons (Fsp3) is 0.250. The number of ether oxygens (including phenoxy) is 1. The van der Waals surface area contributed by atoms with Crippen LogP contribution in [0.1, 0.15) is 22.8 Å².